The van der Waals surface area contributed by atoms with Crippen molar-refractivity contribution in [3.8, 4) is 0 Å². The van der Waals surface area contributed by atoms with Crippen LogP contribution in [0.3, 0.4) is 0 Å². The number of hydrogen-bond donors (Lipinski definition) is 1. The molecule has 2 atom stereocenters. The van der Waals surface area contributed by atoms with Gasteiger partial charge in [-0.15, -0.1) is 0 Å². The van der Waals surface area contributed by atoms with Gasteiger partial charge in [0, 0.05) is 23.9 Å². The fraction of sp³-hybridized carbons (Fsp3) is 0.947. The van der Waals surface area contributed by atoms with Gasteiger partial charge >= 0.3 is 6.03 Å². The zero-order valence-corrected chi connectivity index (χ0v) is 15.9. The number of fused-ring (bicyclic) bond motifs is 2. The molecule has 25 heavy (non-hydrogen) atoms. The third-order valence-corrected chi connectivity index (χ3v) is 9.54. The number of carbonyl (C=O) groups is 1. The van der Waals surface area contributed by atoms with E-state index in [9.17, 15) is 13.2 Å². The molecule has 6 heteroatoms. The molecule has 0 radical (unpaired) electrons. The van der Waals surface area contributed by atoms with Gasteiger partial charge in [-0.05, 0) is 82.0 Å². The lowest BCUT2D eigenvalue weighted by molar-refractivity contribution is -0.0171. The van der Waals surface area contributed by atoms with Crippen LogP contribution in [0.2, 0.25) is 0 Å². The summed E-state index contributed by atoms with van der Waals surface area (Å²) < 4.78 is 23.9. The lowest BCUT2D eigenvalue weighted by atomic mass is 9.53. The third kappa shape index (κ3) is 2.70. The molecule has 4 saturated carbocycles. The topological polar surface area (TPSA) is 66.5 Å². The average molecular weight is 367 g/mol. The summed E-state index contributed by atoms with van der Waals surface area (Å²) in [5.41, 5.74) is 0.0406. The number of piperidine rings is 1. The van der Waals surface area contributed by atoms with Gasteiger partial charge in [-0.3, -0.25) is 0 Å². The molecule has 6 rings (SSSR count). The van der Waals surface area contributed by atoms with Crippen molar-refractivity contribution < 1.29 is 13.2 Å². The summed E-state index contributed by atoms with van der Waals surface area (Å²) in [6.45, 7) is 0. The van der Waals surface area contributed by atoms with Gasteiger partial charge in [0.25, 0.3) is 0 Å². The minimum atomic E-state index is -3.00. The first kappa shape index (κ1) is 16.4. The quantitative estimate of drug-likeness (QED) is 0.817. The Hall–Kier alpha value is -0.780. The van der Waals surface area contributed by atoms with Gasteiger partial charge in [0.15, 0.2) is 0 Å². The van der Waals surface area contributed by atoms with Crippen LogP contribution < -0.4 is 5.32 Å². The fourth-order valence-electron chi connectivity index (χ4n) is 7.36. The summed E-state index contributed by atoms with van der Waals surface area (Å²) >= 11 is 0. The smallest absolute Gasteiger partial charge is 0.318 e. The molecule has 140 valence electrons. The fourth-order valence-corrected chi connectivity index (χ4v) is 8.51. The largest absolute Gasteiger partial charge is 0.333 e. The van der Waals surface area contributed by atoms with Crippen LogP contribution in [0.4, 0.5) is 4.79 Å². The maximum absolute atomic E-state index is 13.2. The van der Waals surface area contributed by atoms with Crippen LogP contribution in [-0.4, -0.2) is 48.5 Å². The summed E-state index contributed by atoms with van der Waals surface area (Å²) in [6, 6.07) is 0.334. The van der Waals surface area contributed by atoms with E-state index in [1.807, 2.05) is 4.90 Å². The molecule has 6 aliphatic rings. The molecule has 2 aliphatic heterocycles. The van der Waals surface area contributed by atoms with Crippen LogP contribution in [0.25, 0.3) is 0 Å². The van der Waals surface area contributed by atoms with E-state index in [0.29, 0.717) is 12.8 Å². The Morgan fingerprint density at radius 2 is 1.40 bits per heavy atom. The molecule has 2 heterocycles. The van der Waals surface area contributed by atoms with Crippen molar-refractivity contribution in [2.24, 2.45) is 17.8 Å². The summed E-state index contributed by atoms with van der Waals surface area (Å²) in [7, 11) is -3.00. The van der Waals surface area contributed by atoms with Gasteiger partial charge in [0.2, 0.25) is 0 Å². The van der Waals surface area contributed by atoms with E-state index >= 15 is 0 Å². The van der Waals surface area contributed by atoms with Crippen LogP contribution in [0.15, 0.2) is 0 Å². The van der Waals surface area contributed by atoms with Gasteiger partial charge in [0.1, 0.15) is 9.84 Å². The Balaban J connectivity index is 1.31. The van der Waals surface area contributed by atoms with Crippen molar-refractivity contribution >= 4 is 15.9 Å². The molecular weight excluding hydrogens is 336 g/mol. The normalized spacial score (nSPS) is 48.0. The molecule has 2 unspecified atom stereocenters. The van der Waals surface area contributed by atoms with Gasteiger partial charge in [-0.2, -0.15) is 0 Å². The Morgan fingerprint density at radius 3 is 1.84 bits per heavy atom. The lowest BCUT2D eigenvalue weighted by Gasteiger charge is -2.57. The van der Waals surface area contributed by atoms with E-state index in [4.69, 9.17) is 0 Å². The summed E-state index contributed by atoms with van der Waals surface area (Å²) in [5.74, 6) is 2.46. The third-order valence-electron chi connectivity index (χ3n) is 7.94. The molecule has 6 fully saturated rings. The van der Waals surface area contributed by atoms with Crippen molar-refractivity contribution in [1.29, 1.82) is 0 Å². The highest BCUT2D eigenvalue weighted by atomic mass is 32.2. The second kappa shape index (κ2) is 5.37. The van der Waals surface area contributed by atoms with Crippen LogP contribution >= 0.6 is 0 Å². The Labute approximate surface area is 150 Å². The molecule has 6 bridgehead atoms. The van der Waals surface area contributed by atoms with E-state index in [1.165, 1.54) is 44.8 Å². The molecule has 0 aromatic rings. The molecule has 4 aliphatic carbocycles. The average Bonchev–Trinajstić information content (AvgIpc) is 2.74. The van der Waals surface area contributed by atoms with E-state index in [0.717, 1.165) is 30.6 Å². The Kier molecular flexibility index (Phi) is 3.52. The summed E-state index contributed by atoms with van der Waals surface area (Å²) in [4.78, 5) is 15.2. The van der Waals surface area contributed by atoms with Crippen molar-refractivity contribution in [3.63, 3.8) is 0 Å². The highest BCUT2D eigenvalue weighted by Crippen LogP contribution is 2.55. The number of hydrogen-bond acceptors (Lipinski definition) is 3. The van der Waals surface area contributed by atoms with E-state index in [-0.39, 0.29) is 28.9 Å². The number of urea groups is 1. The van der Waals surface area contributed by atoms with Crippen molar-refractivity contribution in [2.75, 3.05) is 6.26 Å². The van der Waals surface area contributed by atoms with Gasteiger partial charge in [0.05, 0.1) is 5.25 Å². The van der Waals surface area contributed by atoms with Gasteiger partial charge < -0.3 is 10.2 Å². The van der Waals surface area contributed by atoms with Gasteiger partial charge in [-0.25, -0.2) is 13.2 Å². The molecular formula is C19H30N2O3S. The molecule has 1 N–H and O–H groups in total. The maximum Gasteiger partial charge on any atom is 0.318 e. The lowest BCUT2D eigenvalue weighted by Crippen LogP contribution is -2.63. The van der Waals surface area contributed by atoms with E-state index in [1.54, 1.807) is 0 Å². The number of sulfone groups is 1. The summed E-state index contributed by atoms with van der Waals surface area (Å²) in [5, 5.41) is 3.23. The predicted octanol–water partition coefficient (Wildman–Crippen LogP) is 2.70. The second-order valence-electron chi connectivity index (χ2n) is 9.84. The predicted molar refractivity (Wildman–Crippen MR) is 95.9 cm³/mol. The highest BCUT2D eigenvalue weighted by Gasteiger charge is 2.53. The van der Waals surface area contributed by atoms with Crippen molar-refractivity contribution in [2.45, 2.75) is 87.1 Å². The zero-order chi connectivity index (χ0) is 17.4. The molecule has 0 aromatic carbocycles. The standard InChI is InChI=1S/C19H30N2O3S/c1-25(23,24)17-7-15-2-3-16(8-17)21(15)18(22)20-19-9-12-4-13(10-19)6-14(5-12)11-19/h12-17H,2-11H2,1H3,(H,20,22). The van der Waals surface area contributed by atoms with Crippen LogP contribution in [-0.2, 0) is 9.84 Å². The first-order valence-electron chi connectivity index (χ1n) is 10.1. The van der Waals surface area contributed by atoms with Crippen LogP contribution in [0, 0.1) is 17.8 Å². The summed E-state index contributed by atoms with van der Waals surface area (Å²) in [6.07, 6.45) is 12.2. The van der Waals surface area contributed by atoms with Crippen LogP contribution in [0.5, 0.6) is 0 Å². The molecule has 2 saturated heterocycles. The maximum atomic E-state index is 13.2. The Bertz CT molecular complexity index is 639. The number of amides is 2. The monoisotopic (exact) mass is 366 g/mol. The molecule has 2 amide bonds. The minimum absolute atomic E-state index is 0.0406. The minimum Gasteiger partial charge on any atom is -0.333 e. The van der Waals surface area contributed by atoms with E-state index < -0.39 is 9.84 Å². The first-order chi connectivity index (χ1) is 11.8. The highest BCUT2D eigenvalue weighted by molar-refractivity contribution is 7.91. The molecule has 0 aromatic heterocycles. The Morgan fingerprint density at radius 1 is 0.920 bits per heavy atom. The van der Waals surface area contributed by atoms with E-state index in [2.05, 4.69) is 5.32 Å². The number of nitrogens with zero attached hydrogens (tertiary/aromatic N) is 1. The number of nitrogens with one attached hydrogen (secondary N) is 1. The zero-order valence-electron chi connectivity index (χ0n) is 15.1. The van der Waals surface area contributed by atoms with Crippen molar-refractivity contribution in [1.82, 2.24) is 10.2 Å². The number of carbonyl (C=O) groups excluding carboxylic acids is 1. The van der Waals surface area contributed by atoms with Crippen LogP contribution in [0.1, 0.15) is 64.2 Å². The van der Waals surface area contributed by atoms with Gasteiger partial charge in [-0.1, -0.05) is 0 Å². The molecule has 0 spiro atoms. The molecule has 5 nitrogen and oxygen atoms in total. The first-order valence-corrected chi connectivity index (χ1v) is 12.1. The van der Waals surface area contributed by atoms with Crippen molar-refractivity contribution in [3.05, 3.63) is 0 Å². The second-order valence-corrected chi connectivity index (χ2v) is 12.2. The SMILES string of the molecule is CS(=O)(=O)C1CC2CCC(C1)N2C(=O)NC12CC3CC(CC(C3)C1)C2. The number of rotatable bonds is 2.